The van der Waals surface area contributed by atoms with Crippen LogP contribution in [0.3, 0.4) is 0 Å². The van der Waals surface area contributed by atoms with Crippen molar-refractivity contribution in [2.75, 3.05) is 11.4 Å². The van der Waals surface area contributed by atoms with Crippen molar-refractivity contribution < 1.29 is 19.5 Å². The van der Waals surface area contributed by atoms with Crippen LogP contribution in [-0.4, -0.2) is 44.9 Å². The predicted octanol–water partition coefficient (Wildman–Crippen LogP) is -0.403. The summed E-state index contributed by atoms with van der Waals surface area (Å²) in [7, 11) is 0. The summed E-state index contributed by atoms with van der Waals surface area (Å²) in [4.78, 5) is 55.6. The molecule has 1 atom stereocenters. The van der Waals surface area contributed by atoms with Gasteiger partial charge in [0.05, 0.1) is 24.5 Å². The van der Waals surface area contributed by atoms with Crippen LogP contribution in [0.2, 0.25) is 0 Å². The van der Waals surface area contributed by atoms with Crippen molar-refractivity contribution in [1.82, 2.24) is 20.3 Å². The maximum absolute atomic E-state index is 12.1. The molecule has 0 saturated carbocycles. The number of thiazole rings is 1. The number of nitrogens with one attached hydrogen (secondary N) is 2. The third kappa shape index (κ3) is 4.94. The fraction of sp³-hybridized carbons (Fsp3) is 0.286. The second-order valence-corrected chi connectivity index (χ2v) is 5.82. The van der Waals surface area contributed by atoms with E-state index in [-0.39, 0.29) is 36.8 Å². The van der Waals surface area contributed by atoms with Gasteiger partial charge in [0.25, 0.3) is 12.0 Å². The number of aromatic amines is 1. The molecule has 2 amide bonds. The molecule has 3 heterocycles. The third-order valence-electron chi connectivity index (χ3n) is 3.32. The quantitative estimate of drug-likeness (QED) is 0.625. The average molecular weight is 365 g/mol. The first-order chi connectivity index (χ1) is 12.0. The van der Waals surface area contributed by atoms with E-state index in [1.807, 2.05) is 0 Å². The SMILES string of the molecule is O=C(NCc1cc(=O)[nH]cn1)C1CC(=O)N(c2nccs2)C1.O=CO. The van der Waals surface area contributed by atoms with Crippen molar-refractivity contribution in [1.29, 1.82) is 0 Å². The van der Waals surface area contributed by atoms with E-state index in [0.717, 1.165) is 0 Å². The summed E-state index contributed by atoms with van der Waals surface area (Å²) < 4.78 is 0. The van der Waals surface area contributed by atoms with Gasteiger partial charge < -0.3 is 15.4 Å². The van der Waals surface area contributed by atoms with Crippen molar-refractivity contribution in [2.45, 2.75) is 13.0 Å². The number of amides is 2. The summed E-state index contributed by atoms with van der Waals surface area (Å²) >= 11 is 1.36. The fourth-order valence-corrected chi connectivity index (χ4v) is 2.91. The summed E-state index contributed by atoms with van der Waals surface area (Å²) in [6.07, 6.45) is 3.07. The molecule has 0 radical (unpaired) electrons. The van der Waals surface area contributed by atoms with E-state index < -0.39 is 5.92 Å². The highest BCUT2D eigenvalue weighted by molar-refractivity contribution is 7.13. The topological polar surface area (TPSA) is 145 Å². The van der Waals surface area contributed by atoms with Crippen molar-refractivity contribution in [3.63, 3.8) is 0 Å². The van der Waals surface area contributed by atoms with Crippen LogP contribution in [0.25, 0.3) is 0 Å². The van der Waals surface area contributed by atoms with Crippen LogP contribution in [0.1, 0.15) is 12.1 Å². The van der Waals surface area contributed by atoms with Crippen LogP contribution in [0.15, 0.2) is 28.8 Å². The van der Waals surface area contributed by atoms with E-state index in [1.54, 1.807) is 11.6 Å². The van der Waals surface area contributed by atoms with E-state index in [1.165, 1.54) is 28.6 Å². The van der Waals surface area contributed by atoms with Crippen LogP contribution in [0.4, 0.5) is 5.13 Å². The first kappa shape index (κ1) is 18.3. The smallest absolute Gasteiger partial charge is 0.290 e. The number of aromatic nitrogens is 3. The summed E-state index contributed by atoms with van der Waals surface area (Å²) in [6.45, 7) is 0.228. The fourth-order valence-electron chi connectivity index (χ4n) is 2.25. The van der Waals surface area contributed by atoms with Crippen molar-refractivity contribution in [2.24, 2.45) is 5.92 Å². The van der Waals surface area contributed by atoms with E-state index in [4.69, 9.17) is 9.90 Å². The third-order valence-corrected chi connectivity index (χ3v) is 4.12. The molecule has 0 aliphatic carbocycles. The maximum Gasteiger partial charge on any atom is 0.290 e. The predicted molar refractivity (Wildman–Crippen MR) is 88.0 cm³/mol. The molecule has 11 heteroatoms. The van der Waals surface area contributed by atoms with Crippen LogP contribution in [0.5, 0.6) is 0 Å². The molecule has 1 aliphatic rings. The summed E-state index contributed by atoms with van der Waals surface area (Å²) in [5.41, 5.74) is 0.198. The molecule has 1 unspecified atom stereocenters. The molecule has 1 saturated heterocycles. The van der Waals surface area contributed by atoms with Gasteiger partial charge >= 0.3 is 0 Å². The Hall–Kier alpha value is -3.08. The minimum absolute atomic E-state index is 0.107. The number of carbonyl (C=O) groups excluding carboxylic acids is 2. The number of hydrogen-bond acceptors (Lipinski definition) is 7. The van der Waals surface area contributed by atoms with Gasteiger partial charge in [-0.1, -0.05) is 0 Å². The number of nitrogens with zero attached hydrogens (tertiary/aromatic N) is 3. The minimum Gasteiger partial charge on any atom is -0.483 e. The minimum atomic E-state index is -0.418. The first-order valence-electron chi connectivity index (χ1n) is 7.14. The number of H-pyrrole nitrogens is 1. The number of carbonyl (C=O) groups is 3. The summed E-state index contributed by atoms with van der Waals surface area (Å²) in [5.74, 6) is -0.753. The standard InChI is InChI=1S/C13H13N5O3S.CH2O2/c19-10-4-9(16-7-17-10)5-15-12(21)8-3-11(20)18(6-8)13-14-1-2-22-13;2-1-3/h1-2,4,7-8H,3,5-6H2,(H,15,21)(H,16,17,19);1H,(H,2,3). The van der Waals surface area contributed by atoms with Crippen LogP contribution in [-0.2, 0) is 20.9 Å². The molecular weight excluding hydrogens is 350 g/mol. The molecule has 1 fully saturated rings. The zero-order valence-electron chi connectivity index (χ0n) is 12.9. The van der Waals surface area contributed by atoms with Crippen LogP contribution in [0, 0.1) is 5.92 Å². The molecule has 0 bridgehead atoms. The molecule has 0 aromatic carbocycles. The Morgan fingerprint density at radius 3 is 2.88 bits per heavy atom. The molecule has 3 N–H and O–H groups in total. The van der Waals surface area contributed by atoms with E-state index in [2.05, 4.69) is 20.3 Å². The van der Waals surface area contributed by atoms with Gasteiger partial charge in [-0.2, -0.15) is 0 Å². The maximum atomic E-state index is 12.1. The average Bonchev–Trinajstić information content (AvgIpc) is 3.22. The number of carboxylic acid groups (broad SMARTS) is 1. The van der Waals surface area contributed by atoms with Gasteiger partial charge in [0.1, 0.15) is 0 Å². The lowest BCUT2D eigenvalue weighted by Crippen LogP contribution is -2.33. The van der Waals surface area contributed by atoms with Gasteiger partial charge in [-0.15, -0.1) is 11.3 Å². The Morgan fingerprint density at radius 1 is 1.48 bits per heavy atom. The molecular formula is C14H15N5O5S. The normalized spacial score (nSPS) is 16.1. The number of rotatable bonds is 4. The van der Waals surface area contributed by atoms with Crippen molar-refractivity contribution in [3.8, 4) is 0 Å². The highest BCUT2D eigenvalue weighted by atomic mass is 32.1. The summed E-state index contributed by atoms with van der Waals surface area (Å²) in [5, 5.41) is 12.0. The molecule has 2 aromatic rings. The molecule has 1 aliphatic heterocycles. The van der Waals surface area contributed by atoms with E-state index in [9.17, 15) is 14.4 Å². The summed E-state index contributed by atoms with van der Waals surface area (Å²) in [6, 6.07) is 1.32. The van der Waals surface area contributed by atoms with Gasteiger partial charge in [-0.05, 0) is 0 Å². The van der Waals surface area contributed by atoms with Gasteiger partial charge in [0.2, 0.25) is 11.8 Å². The van der Waals surface area contributed by atoms with Crippen LogP contribution >= 0.6 is 11.3 Å². The lowest BCUT2D eigenvalue weighted by Gasteiger charge is -2.13. The van der Waals surface area contributed by atoms with Crippen molar-refractivity contribution in [3.05, 3.63) is 40.0 Å². The van der Waals surface area contributed by atoms with Crippen LogP contribution < -0.4 is 15.8 Å². The monoisotopic (exact) mass is 365 g/mol. The Labute approximate surface area is 145 Å². The number of hydrogen-bond donors (Lipinski definition) is 3. The molecule has 3 rings (SSSR count). The Kier molecular flexibility index (Phi) is 6.34. The van der Waals surface area contributed by atoms with Gasteiger partial charge in [0, 0.05) is 30.6 Å². The molecule has 132 valence electrons. The first-order valence-corrected chi connectivity index (χ1v) is 8.02. The Morgan fingerprint density at radius 2 is 2.24 bits per heavy atom. The highest BCUT2D eigenvalue weighted by Gasteiger charge is 2.36. The lowest BCUT2D eigenvalue weighted by molar-refractivity contribution is -0.126. The van der Waals surface area contributed by atoms with Crippen molar-refractivity contribution >= 4 is 34.8 Å². The van der Waals surface area contributed by atoms with E-state index >= 15 is 0 Å². The second-order valence-electron chi connectivity index (χ2n) is 4.95. The second kappa shape index (κ2) is 8.68. The largest absolute Gasteiger partial charge is 0.483 e. The Balaban J connectivity index is 0.000000701. The molecule has 2 aromatic heterocycles. The zero-order chi connectivity index (χ0) is 18.2. The molecule has 10 nitrogen and oxygen atoms in total. The van der Waals surface area contributed by atoms with Gasteiger partial charge in [0.15, 0.2) is 5.13 Å². The lowest BCUT2D eigenvalue weighted by atomic mass is 10.1. The molecule has 0 spiro atoms. The Bertz CT molecular complexity index is 791. The number of anilines is 1. The van der Waals surface area contributed by atoms with E-state index in [0.29, 0.717) is 17.4 Å². The van der Waals surface area contributed by atoms with Gasteiger partial charge in [-0.3, -0.25) is 24.1 Å². The zero-order valence-corrected chi connectivity index (χ0v) is 13.7. The highest BCUT2D eigenvalue weighted by Crippen LogP contribution is 2.26. The van der Waals surface area contributed by atoms with Gasteiger partial charge in [-0.25, -0.2) is 9.97 Å². The molecule has 25 heavy (non-hydrogen) atoms.